The van der Waals surface area contributed by atoms with Gasteiger partial charge in [-0.3, -0.25) is 0 Å². The van der Waals surface area contributed by atoms with E-state index in [4.69, 9.17) is 21.1 Å². The highest BCUT2D eigenvalue weighted by Gasteiger charge is 2.14. The van der Waals surface area contributed by atoms with E-state index in [2.05, 4.69) is 0 Å². The molecule has 1 fully saturated rings. The average Bonchev–Trinajstić information content (AvgIpc) is 2.23. The fourth-order valence-electron chi connectivity index (χ4n) is 1.47. The summed E-state index contributed by atoms with van der Waals surface area (Å²) in [5, 5.41) is 0.724. The Bertz CT molecular complexity index is 278. The van der Waals surface area contributed by atoms with Gasteiger partial charge in [-0.2, -0.15) is 0 Å². The predicted molar refractivity (Wildman–Crippen MR) is 55.7 cm³/mol. The lowest BCUT2D eigenvalue weighted by Crippen LogP contribution is -2.24. The lowest BCUT2D eigenvalue weighted by Gasteiger charge is -2.23. The second kappa shape index (κ2) is 4.67. The third-order valence-electron chi connectivity index (χ3n) is 2.22. The molecule has 0 spiro atoms. The molecule has 0 radical (unpaired) electrons. The van der Waals surface area contributed by atoms with Crippen molar-refractivity contribution in [2.75, 3.05) is 6.61 Å². The molecule has 3 heteroatoms. The number of hydrogen-bond donors (Lipinski definition) is 0. The molecule has 1 saturated heterocycles. The van der Waals surface area contributed by atoms with Gasteiger partial charge >= 0.3 is 0 Å². The summed E-state index contributed by atoms with van der Waals surface area (Å²) in [6.45, 7) is 0.804. The fourth-order valence-corrected chi connectivity index (χ4v) is 1.60. The van der Waals surface area contributed by atoms with Crippen LogP contribution in [-0.4, -0.2) is 12.9 Å². The highest BCUT2D eigenvalue weighted by Crippen LogP contribution is 2.20. The summed E-state index contributed by atoms with van der Waals surface area (Å²) in [6.07, 6.45) is 3.21. The molecule has 76 valence electrons. The summed E-state index contributed by atoms with van der Waals surface area (Å²) in [5.74, 6) is 0.821. The molecule has 1 aliphatic rings. The van der Waals surface area contributed by atoms with Gasteiger partial charge in [-0.25, -0.2) is 0 Å². The molecule has 1 aliphatic heterocycles. The van der Waals surface area contributed by atoms with E-state index in [-0.39, 0.29) is 6.29 Å². The van der Waals surface area contributed by atoms with Gasteiger partial charge in [0.1, 0.15) is 5.75 Å². The van der Waals surface area contributed by atoms with Crippen LogP contribution in [-0.2, 0) is 4.74 Å². The number of halogens is 1. The standard InChI is InChI=1S/C11H13ClO2/c12-9-4-6-10(7-5-9)14-11-3-1-2-8-13-11/h4-7,11H,1-3,8H2/t11-/m0/s1. The number of rotatable bonds is 2. The van der Waals surface area contributed by atoms with Crippen molar-refractivity contribution in [3.8, 4) is 5.75 Å². The molecular weight excluding hydrogens is 200 g/mol. The number of hydrogen-bond acceptors (Lipinski definition) is 2. The molecule has 1 aromatic carbocycles. The summed E-state index contributed by atoms with van der Waals surface area (Å²) in [4.78, 5) is 0. The maximum atomic E-state index is 5.77. The van der Waals surface area contributed by atoms with E-state index in [1.807, 2.05) is 24.3 Å². The van der Waals surface area contributed by atoms with Crippen molar-refractivity contribution in [2.24, 2.45) is 0 Å². The predicted octanol–water partition coefficient (Wildman–Crippen LogP) is 3.25. The normalized spacial score (nSPS) is 21.9. The zero-order valence-corrected chi connectivity index (χ0v) is 8.67. The van der Waals surface area contributed by atoms with Gasteiger partial charge in [0.15, 0.2) is 6.29 Å². The van der Waals surface area contributed by atoms with E-state index in [1.54, 1.807) is 0 Å². The molecule has 0 unspecified atom stereocenters. The van der Waals surface area contributed by atoms with Crippen LogP contribution in [0.25, 0.3) is 0 Å². The third kappa shape index (κ3) is 2.63. The molecule has 1 aromatic rings. The molecular formula is C11H13ClO2. The van der Waals surface area contributed by atoms with Gasteiger partial charge in [-0.15, -0.1) is 0 Å². The first-order valence-corrected chi connectivity index (χ1v) is 5.26. The fraction of sp³-hybridized carbons (Fsp3) is 0.455. The molecule has 0 aliphatic carbocycles. The quantitative estimate of drug-likeness (QED) is 0.749. The zero-order valence-electron chi connectivity index (χ0n) is 7.91. The van der Waals surface area contributed by atoms with Crippen LogP contribution in [0.5, 0.6) is 5.75 Å². The Balaban J connectivity index is 1.92. The molecule has 2 nitrogen and oxygen atoms in total. The highest BCUT2D eigenvalue weighted by molar-refractivity contribution is 6.30. The Hall–Kier alpha value is -0.730. The van der Waals surface area contributed by atoms with E-state index in [9.17, 15) is 0 Å². The molecule has 0 amide bonds. The van der Waals surface area contributed by atoms with Gasteiger partial charge in [0.25, 0.3) is 0 Å². The van der Waals surface area contributed by atoms with Gasteiger partial charge < -0.3 is 9.47 Å². The topological polar surface area (TPSA) is 18.5 Å². The van der Waals surface area contributed by atoms with Gasteiger partial charge in [-0.05, 0) is 37.1 Å². The Kier molecular flexibility index (Phi) is 3.27. The first-order chi connectivity index (χ1) is 6.84. The van der Waals surface area contributed by atoms with Crippen LogP contribution in [0.3, 0.4) is 0 Å². The van der Waals surface area contributed by atoms with Crippen molar-refractivity contribution in [2.45, 2.75) is 25.6 Å². The van der Waals surface area contributed by atoms with E-state index in [1.165, 1.54) is 6.42 Å². The van der Waals surface area contributed by atoms with E-state index < -0.39 is 0 Å². The summed E-state index contributed by atoms with van der Waals surface area (Å²) >= 11 is 5.77. The van der Waals surface area contributed by atoms with Crippen LogP contribution in [0.2, 0.25) is 5.02 Å². The van der Waals surface area contributed by atoms with E-state index >= 15 is 0 Å². The van der Waals surface area contributed by atoms with E-state index in [0.29, 0.717) is 0 Å². The van der Waals surface area contributed by atoms with Crippen molar-refractivity contribution >= 4 is 11.6 Å². The van der Waals surface area contributed by atoms with Crippen LogP contribution in [0, 0.1) is 0 Å². The van der Waals surface area contributed by atoms with Gasteiger partial charge in [-0.1, -0.05) is 11.6 Å². The summed E-state index contributed by atoms with van der Waals surface area (Å²) in [7, 11) is 0. The zero-order chi connectivity index (χ0) is 9.80. The second-order valence-electron chi connectivity index (χ2n) is 3.37. The average molecular weight is 213 g/mol. The van der Waals surface area contributed by atoms with Gasteiger partial charge in [0.2, 0.25) is 0 Å². The number of ether oxygens (including phenoxy) is 2. The van der Waals surface area contributed by atoms with Crippen LogP contribution in [0.1, 0.15) is 19.3 Å². The van der Waals surface area contributed by atoms with Gasteiger partial charge in [0.05, 0.1) is 6.61 Å². The molecule has 0 bridgehead atoms. The molecule has 2 rings (SSSR count). The molecule has 1 atom stereocenters. The van der Waals surface area contributed by atoms with Crippen molar-refractivity contribution < 1.29 is 9.47 Å². The van der Waals surface area contributed by atoms with Crippen molar-refractivity contribution in [3.63, 3.8) is 0 Å². The first kappa shape index (κ1) is 9.81. The first-order valence-electron chi connectivity index (χ1n) is 4.88. The lowest BCUT2D eigenvalue weighted by molar-refractivity contribution is -0.105. The molecule has 0 saturated carbocycles. The summed E-state index contributed by atoms with van der Waals surface area (Å²) < 4.78 is 11.1. The summed E-state index contributed by atoms with van der Waals surface area (Å²) in [6, 6.07) is 7.36. The van der Waals surface area contributed by atoms with Crippen molar-refractivity contribution in [3.05, 3.63) is 29.3 Å². The Labute approximate surface area is 88.8 Å². The minimum Gasteiger partial charge on any atom is -0.465 e. The molecule has 1 heterocycles. The lowest BCUT2D eigenvalue weighted by atomic mass is 10.2. The van der Waals surface area contributed by atoms with Crippen LogP contribution < -0.4 is 4.74 Å². The third-order valence-corrected chi connectivity index (χ3v) is 2.47. The van der Waals surface area contributed by atoms with E-state index in [0.717, 1.165) is 30.2 Å². The van der Waals surface area contributed by atoms with Crippen molar-refractivity contribution in [1.82, 2.24) is 0 Å². The van der Waals surface area contributed by atoms with Crippen molar-refractivity contribution in [1.29, 1.82) is 0 Å². The minimum absolute atomic E-state index is 0.0788. The Morgan fingerprint density at radius 1 is 1.21 bits per heavy atom. The maximum absolute atomic E-state index is 5.77. The van der Waals surface area contributed by atoms with Gasteiger partial charge in [0, 0.05) is 11.4 Å². The SMILES string of the molecule is Clc1ccc(O[C@H]2CCCCO2)cc1. The largest absolute Gasteiger partial charge is 0.465 e. The number of benzene rings is 1. The summed E-state index contributed by atoms with van der Waals surface area (Å²) in [5.41, 5.74) is 0. The highest BCUT2D eigenvalue weighted by atomic mass is 35.5. The Morgan fingerprint density at radius 3 is 2.64 bits per heavy atom. The molecule has 14 heavy (non-hydrogen) atoms. The van der Waals surface area contributed by atoms with Crippen LogP contribution in [0.15, 0.2) is 24.3 Å². The van der Waals surface area contributed by atoms with Crippen LogP contribution >= 0.6 is 11.6 Å². The molecule has 0 aromatic heterocycles. The monoisotopic (exact) mass is 212 g/mol. The second-order valence-corrected chi connectivity index (χ2v) is 3.80. The smallest absolute Gasteiger partial charge is 0.199 e. The minimum atomic E-state index is -0.0788. The Morgan fingerprint density at radius 2 is 2.00 bits per heavy atom. The van der Waals surface area contributed by atoms with Crippen LogP contribution in [0.4, 0.5) is 0 Å². The maximum Gasteiger partial charge on any atom is 0.199 e. The molecule has 0 N–H and O–H groups in total.